The number of pyridine rings is 1. The average Bonchev–Trinajstić information content (AvgIpc) is 2.92. The minimum atomic E-state index is -0.968. The molecule has 0 amide bonds. The van der Waals surface area contributed by atoms with Crippen molar-refractivity contribution in [3.8, 4) is 0 Å². The molecule has 2 aliphatic heterocycles. The monoisotopic (exact) mass is 277 g/mol. The zero-order valence-corrected chi connectivity index (χ0v) is 11.3. The van der Waals surface area contributed by atoms with E-state index in [4.69, 9.17) is 9.84 Å². The average molecular weight is 277 g/mol. The van der Waals surface area contributed by atoms with Crippen LogP contribution in [0.5, 0.6) is 0 Å². The second kappa shape index (κ2) is 5.76. The number of carbonyl (C=O) groups is 1. The molecule has 0 bridgehead atoms. The Kier molecular flexibility index (Phi) is 3.84. The Morgan fingerprint density at radius 1 is 1.60 bits per heavy atom. The fourth-order valence-electron chi connectivity index (χ4n) is 2.95. The van der Waals surface area contributed by atoms with Crippen LogP contribution in [0.15, 0.2) is 18.5 Å². The van der Waals surface area contributed by atoms with Crippen molar-refractivity contribution in [1.82, 2.24) is 9.88 Å². The van der Waals surface area contributed by atoms with Crippen LogP contribution in [-0.4, -0.2) is 59.3 Å². The number of aromatic nitrogens is 1. The molecular formula is C14H19N3O3. The quantitative estimate of drug-likeness (QED) is 0.857. The predicted octanol–water partition coefficient (Wildman–Crippen LogP) is 1.05. The number of hydrogen-bond acceptors (Lipinski definition) is 5. The smallest absolute Gasteiger partial charge is 0.339 e. The highest BCUT2D eigenvalue weighted by atomic mass is 16.5. The molecule has 6 heteroatoms. The van der Waals surface area contributed by atoms with E-state index in [-0.39, 0.29) is 11.7 Å². The molecule has 0 spiro atoms. The van der Waals surface area contributed by atoms with Gasteiger partial charge in [-0.3, -0.25) is 9.88 Å². The molecule has 3 heterocycles. The molecule has 2 atom stereocenters. The molecule has 0 saturated carbocycles. The molecule has 2 unspecified atom stereocenters. The molecule has 2 fully saturated rings. The molecule has 3 rings (SSSR count). The van der Waals surface area contributed by atoms with Crippen molar-refractivity contribution in [1.29, 1.82) is 0 Å². The van der Waals surface area contributed by atoms with Gasteiger partial charge in [0, 0.05) is 31.5 Å². The number of morpholine rings is 1. The lowest BCUT2D eigenvalue weighted by Gasteiger charge is -2.35. The first-order chi connectivity index (χ1) is 9.74. The van der Waals surface area contributed by atoms with E-state index >= 15 is 0 Å². The SMILES string of the molecule is O=C(O)c1cnccc1NCC1CN2CCCC2CO1. The number of anilines is 1. The number of ether oxygens (including phenoxy) is 1. The number of nitrogens with zero attached hydrogens (tertiary/aromatic N) is 2. The van der Waals surface area contributed by atoms with E-state index in [0.717, 1.165) is 19.7 Å². The van der Waals surface area contributed by atoms with Crippen LogP contribution < -0.4 is 5.32 Å². The third kappa shape index (κ3) is 2.76. The van der Waals surface area contributed by atoms with Crippen LogP contribution in [0.3, 0.4) is 0 Å². The molecule has 0 aliphatic carbocycles. The van der Waals surface area contributed by atoms with Crippen LogP contribution in [0.1, 0.15) is 23.2 Å². The molecule has 1 aromatic rings. The summed E-state index contributed by atoms with van der Waals surface area (Å²) < 4.78 is 5.85. The van der Waals surface area contributed by atoms with Crippen molar-refractivity contribution < 1.29 is 14.6 Å². The van der Waals surface area contributed by atoms with Gasteiger partial charge in [0.2, 0.25) is 0 Å². The first kappa shape index (κ1) is 13.3. The van der Waals surface area contributed by atoms with Crippen molar-refractivity contribution in [3.63, 3.8) is 0 Å². The zero-order valence-electron chi connectivity index (χ0n) is 11.3. The third-order valence-electron chi connectivity index (χ3n) is 4.03. The summed E-state index contributed by atoms with van der Waals surface area (Å²) in [5.74, 6) is -0.968. The number of nitrogens with one attached hydrogen (secondary N) is 1. The van der Waals surface area contributed by atoms with Crippen molar-refractivity contribution in [2.75, 3.05) is 31.6 Å². The highest BCUT2D eigenvalue weighted by molar-refractivity contribution is 5.93. The van der Waals surface area contributed by atoms with Gasteiger partial charge >= 0.3 is 5.97 Å². The number of carboxylic acid groups (broad SMARTS) is 1. The summed E-state index contributed by atoms with van der Waals surface area (Å²) in [4.78, 5) is 17.4. The summed E-state index contributed by atoms with van der Waals surface area (Å²) in [5.41, 5.74) is 0.794. The van der Waals surface area contributed by atoms with Gasteiger partial charge in [-0.15, -0.1) is 0 Å². The molecule has 2 aliphatic rings. The molecule has 2 N–H and O–H groups in total. The lowest BCUT2D eigenvalue weighted by molar-refractivity contribution is -0.0415. The number of aromatic carboxylic acids is 1. The Morgan fingerprint density at radius 2 is 2.50 bits per heavy atom. The predicted molar refractivity (Wildman–Crippen MR) is 74.0 cm³/mol. The highest BCUT2D eigenvalue weighted by Gasteiger charge is 2.32. The maximum absolute atomic E-state index is 11.1. The number of rotatable bonds is 4. The lowest BCUT2D eigenvalue weighted by atomic mass is 10.2. The van der Waals surface area contributed by atoms with E-state index < -0.39 is 5.97 Å². The van der Waals surface area contributed by atoms with E-state index in [9.17, 15) is 4.79 Å². The minimum absolute atomic E-state index is 0.110. The number of hydrogen-bond donors (Lipinski definition) is 2. The Labute approximate surface area is 117 Å². The van der Waals surface area contributed by atoms with E-state index in [2.05, 4.69) is 15.2 Å². The van der Waals surface area contributed by atoms with Crippen molar-refractivity contribution in [3.05, 3.63) is 24.0 Å². The van der Waals surface area contributed by atoms with Gasteiger partial charge in [0.15, 0.2) is 0 Å². The van der Waals surface area contributed by atoms with Gasteiger partial charge in [-0.05, 0) is 25.5 Å². The minimum Gasteiger partial charge on any atom is -0.478 e. The van der Waals surface area contributed by atoms with Crippen molar-refractivity contribution >= 4 is 11.7 Å². The second-order valence-corrected chi connectivity index (χ2v) is 5.35. The molecule has 0 aromatic carbocycles. The van der Waals surface area contributed by atoms with E-state index in [1.54, 1.807) is 12.3 Å². The van der Waals surface area contributed by atoms with Crippen LogP contribution in [-0.2, 0) is 4.74 Å². The maximum Gasteiger partial charge on any atom is 0.339 e. The van der Waals surface area contributed by atoms with E-state index in [0.29, 0.717) is 18.3 Å². The van der Waals surface area contributed by atoms with Gasteiger partial charge in [-0.1, -0.05) is 0 Å². The Morgan fingerprint density at radius 3 is 3.35 bits per heavy atom. The van der Waals surface area contributed by atoms with E-state index in [1.165, 1.54) is 19.0 Å². The van der Waals surface area contributed by atoms with Gasteiger partial charge in [0.05, 0.1) is 18.4 Å². The molecule has 20 heavy (non-hydrogen) atoms. The fourth-order valence-corrected chi connectivity index (χ4v) is 2.95. The van der Waals surface area contributed by atoms with Crippen LogP contribution in [0.4, 0.5) is 5.69 Å². The van der Waals surface area contributed by atoms with Gasteiger partial charge in [0.1, 0.15) is 5.56 Å². The van der Waals surface area contributed by atoms with Gasteiger partial charge < -0.3 is 15.2 Å². The van der Waals surface area contributed by atoms with Crippen molar-refractivity contribution in [2.24, 2.45) is 0 Å². The topological polar surface area (TPSA) is 74.7 Å². The molecule has 2 saturated heterocycles. The normalized spacial score (nSPS) is 26.2. The van der Waals surface area contributed by atoms with Crippen molar-refractivity contribution in [2.45, 2.75) is 25.0 Å². The summed E-state index contributed by atoms with van der Waals surface area (Å²) in [6.45, 7) is 3.48. The Bertz CT molecular complexity index is 494. The third-order valence-corrected chi connectivity index (χ3v) is 4.03. The summed E-state index contributed by atoms with van der Waals surface area (Å²) in [6.07, 6.45) is 5.55. The van der Waals surface area contributed by atoms with Gasteiger partial charge in [-0.25, -0.2) is 4.79 Å². The van der Waals surface area contributed by atoms with Gasteiger partial charge in [-0.2, -0.15) is 0 Å². The first-order valence-corrected chi connectivity index (χ1v) is 7.01. The summed E-state index contributed by atoms with van der Waals surface area (Å²) in [6, 6.07) is 2.27. The highest BCUT2D eigenvalue weighted by Crippen LogP contribution is 2.23. The molecular weight excluding hydrogens is 258 g/mol. The van der Waals surface area contributed by atoms with Crippen LogP contribution in [0, 0.1) is 0 Å². The van der Waals surface area contributed by atoms with Gasteiger partial charge in [0.25, 0.3) is 0 Å². The van der Waals surface area contributed by atoms with Crippen LogP contribution >= 0.6 is 0 Å². The first-order valence-electron chi connectivity index (χ1n) is 7.01. The molecule has 0 radical (unpaired) electrons. The second-order valence-electron chi connectivity index (χ2n) is 5.35. The fraction of sp³-hybridized carbons (Fsp3) is 0.571. The molecule has 1 aromatic heterocycles. The van der Waals surface area contributed by atoms with Crippen LogP contribution in [0.2, 0.25) is 0 Å². The number of fused-ring (bicyclic) bond motifs is 1. The summed E-state index contributed by atoms with van der Waals surface area (Å²) >= 11 is 0. The Balaban J connectivity index is 1.58. The standard InChI is InChI=1S/C14H19N3O3/c18-14(19)12-7-15-4-3-13(12)16-6-11-8-17-5-1-2-10(17)9-20-11/h3-4,7,10-11H,1-2,5-6,8-9H2,(H,15,16)(H,18,19). The largest absolute Gasteiger partial charge is 0.478 e. The maximum atomic E-state index is 11.1. The Hall–Kier alpha value is -1.66. The molecule has 6 nitrogen and oxygen atoms in total. The summed E-state index contributed by atoms with van der Waals surface area (Å²) in [7, 11) is 0. The molecule has 108 valence electrons. The van der Waals surface area contributed by atoms with Crippen LogP contribution in [0.25, 0.3) is 0 Å². The number of carboxylic acids is 1. The summed E-state index contributed by atoms with van der Waals surface area (Å²) in [5, 5.41) is 12.3. The van der Waals surface area contributed by atoms with E-state index in [1.807, 2.05) is 0 Å². The lowest BCUT2D eigenvalue weighted by Crippen LogP contribution is -2.48. The zero-order chi connectivity index (χ0) is 13.9.